The summed E-state index contributed by atoms with van der Waals surface area (Å²) >= 11 is 5.08. The van der Waals surface area contributed by atoms with Gasteiger partial charge in [0.1, 0.15) is 0 Å². The second-order valence-electron chi connectivity index (χ2n) is 6.67. The average molecular weight is 323 g/mol. The normalized spacial score (nSPS) is 20.1. The summed E-state index contributed by atoms with van der Waals surface area (Å²) in [6.07, 6.45) is 0. The van der Waals surface area contributed by atoms with Crippen molar-refractivity contribution in [2.45, 2.75) is 45.7 Å². The van der Waals surface area contributed by atoms with E-state index in [1.165, 1.54) is 4.31 Å². The molecule has 0 saturated carbocycles. The first-order valence-electron chi connectivity index (χ1n) is 6.70. The molecular weight excluding hydrogens is 296 g/mol. The predicted molar refractivity (Wildman–Crippen MR) is 85.8 cm³/mol. The van der Waals surface area contributed by atoms with Crippen molar-refractivity contribution >= 4 is 27.4 Å². The Kier molecular flexibility index (Phi) is 5.19. The average Bonchev–Trinajstić information content (AvgIpc) is 2.25. The molecule has 0 aromatic heterocycles. The minimum absolute atomic E-state index is 0.386. The standard InChI is InChI=1S/C12H26N4O2S2/c1-11(2,3)14-20(17,18)16-8-6-15(7-9-16)12(4,5)10(13)19/h14H,6-9H2,1-5H3,(H2,13,19). The van der Waals surface area contributed by atoms with Gasteiger partial charge in [0.05, 0.1) is 10.5 Å². The molecule has 0 aliphatic carbocycles. The molecule has 1 aliphatic rings. The minimum atomic E-state index is -3.44. The van der Waals surface area contributed by atoms with Gasteiger partial charge >= 0.3 is 0 Å². The number of piperazine rings is 1. The van der Waals surface area contributed by atoms with Gasteiger partial charge in [0.15, 0.2) is 0 Å². The molecule has 0 atom stereocenters. The molecule has 8 heteroatoms. The Balaban J connectivity index is 2.70. The van der Waals surface area contributed by atoms with E-state index in [0.717, 1.165) is 0 Å². The smallest absolute Gasteiger partial charge is 0.280 e. The van der Waals surface area contributed by atoms with E-state index in [1.807, 2.05) is 34.6 Å². The van der Waals surface area contributed by atoms with E-state index in [-0.39, 0.29) is 5.54 Å². The van der Waals surface area contributed by atoms with Crippen molar-refractivity contribution in [1.29, 1.82) is 0 Å². The minimum Gasteiger partial charge on any atom is -0.392 e. The molecule has 1 heterocycles. The molecule has 1 saturated heterocycles. The number of hydrogen-bond acceptors (Lipinski definition) is 4. The third-order valence-electron chi connectivity index (χ3n) is 3.41. The van der Waals surface area contributed by atoms with Crippen LogP contribution in [0.4, 0.5) is 0 Å². The molecule has 0 amide bonds. The first kappa shape index (κ1) is 17.8. The highest BCUT2D eigenvalue weighted by Gasteiger charge is 2.36. The van der Waals surface area contributed by atoms with Crippen LogP contribution in [-0.4, -0.2) is 59.9 Å². The monoisotopic (exact) mass is 322 g/mol. The van der Waals surface area contributed by atoms with Gasteiger partial charge < -0.3 is 5.73 Å². The SMILES string of the molecule is CC(C)(C)NS(=O)(=O)N1CCN(C(C)(C)C(N)=S)CC1. The Morgan fingerprint density at radius 1 is 1.10 bits per heavy atom. The molecule has 0 radical (unpaired) electrons. The van der Waals surface area contributed by atoms with Crippen molar-refractivity contribution in [3.05, 3.63) is 0 Å². The van der Waals surface area contributed by atoms with Crippen molar-refractivity contribution in [2.75, 3.05) is 26.2 Å². The maximum Gasteiger partial charge on any atom is 0.280 e. The van der Waals surface area contributed by atoms with Gasteiger partial charge in [-0.3, -0.25) is 4.90 Å². The van der Waals surface area contributed by atoms with Crippen molar-refractivity contribution in [2.24, 2.45) is 5.73 Å². The van der Waals surface area contributed by atoms with E-state index < -0.39 is 15.7 Å². The summed E-state index contributed by atoms with van der Waals surface area (Å²) in [5, 5.41) is 0. The Bertz CT molecular complexity index is 460. The van der Waals surface area contributed by atoms with Crippen LogP contribution in [-0.2, 0) is 10.2 Å². The summed E-state index contributed by atoms with van der Waals surface area (Å²) < 4.78 is 28.6. The van der Waals surface area contributed by atoms with Gasteiger partial charge in [-0.25, -0.2) is 0 Å². The van der Waals surface area contributed by atoms with Crippen molar-refractivity contribution < 1.29 is 8.42 Å². The maximum absolute atomic E-state index is 12.2. The van der Waals surface area contributed by atoms with Gasteiger partial charge in [0.2, 0.25) is 0 Å². The van der Waals surface area contributed by atoms with Crippen LogP contribution in [0.5, 0.6) is 0 Å². The molecule has 0 aromatic carbocycles. The van der Waals surface area contributed by atoms with Crippen LogP contribution in [0.2, 0.25) is 0 Å². The zero-order chi connectivity index (χ0) is 15.8. The Hall–Kier alpha value is -0.280. The fourth-order valence-corrected chi connectivity index (χ4v) is 3.77. The fraction of sp³-hybridized carbons (Fsp3) is 0.917. The zero-order valence-electron chi connectivity index (χ0n) is 12.9. The number of rotatable bonds is 4. The molecule has 0 bridgehead atoms. The third kappa shape index (κ3) is 4.36. The number of thiocarbonyl (C=S) groups is 1. The van der Waals surface area contributed by atoms with E-state index in [1.54, 1.807) is 0 Å². The van der Waals surface area contributed by atoms with E-state index in [2.05, 4.69) is 9.62 Å². The number of nitrogens with zero attached hydrogens (tertiary/aromatic N) is 2. The Labute approximate surface area is 127 Å². The summed E-state index contributed by atoms with van der Waals surface area (Å²) in [4.78, 5) is 2.56. The quantitative estimate of drug-likeness (QED) is 0.728. The Morgan fingerprint density at radius 2 is 1.55 bits per heavy atom. The third-order valence-corrected chi connectivity index (χ3v) is 5.82. The first-order valence-corrected chi connectivity index (χ1v) is 8.55. The van der Waals surface area contributed by atoms with Crippen LogP contribution in [0.1, 0.15) is 34.6 Å². The summed E-state index contributed by atoms with van der Waals surface area (Å²) in [5.41, 5.74) is 4.89. The molecule has 1 fully saturated rings. The fourth-order valence-electron chi connectivity index (χ4n) is 2.09. The van der Waals surface area contributed by atoms with E-state index in [0.29, 0.717) is 31.2 Å². The molecule has 3 N–H and O–H groups in total. The van der Waals surface area contributed by atoms with Gasteiger partial charge in [0.25, 0.3) is 10.2 Å². The van der Waals surface area contributed by atoms with Crippen LogP contribution in [0.3, 0.4) is 0 Å². The zero-order valence-corrected chi connectivity index (χ0v) is 14.6. The van der Waals surface area contributed by atoms with Gasteiger partial charge in [-0.2, -0.15) is 17.4 Å². The summed E-state index contributed by atoms with van der Waals surface area (Å²) in [6, 6.07) is 0. The molecule has 1 rings (SSSR count). The highest BCUT2D eigenvalue weighted by Crippen LogP contribution is 2.19. The van der Waals surface area contributed by atoms with E-state index in [9.17, 15) is 8.42 Å². The molecule has 0 unspecified atom stereocenters. The lowest BCUT2D eigenvalue weighted by molar-refractivity contribution is 0.122. The first-order chi connectivity index (χ1) is 8.86. The number of nitrogens with one attached hydrogen (secondary N) is 1. The lowest BCUT2D eigenvalue weighted by atomic mass is 10.0. The van der Waals surface area contributed by atoms with Crippen LogP contribution >= 0.6 is 12.2 Å². The molecular formula is C12H26N4O2S2. The van der Waals surface area contributed by atoms with Crippen molar-refractivity contribution in [3.8, 4) is 0 Å². The Morgan fingerprint density at radius 3 is 1.90 bits per heavy atom. The summed E-state index contributed by atoms with van der Waals surface area (Å²) in [7, 11) is -3.44. The largest absolute Gasteiger partial charge is 0.392 e. The lowest BCUT2D eigenvalue weighted by Crippen LogP contribution is -2.61. The van der Waals surface area contributed by atoms with Crippen molar-refractivity contribution in [1.82, 2.24) is 13.9 Å². The highest BCUT2D eigenvalue weighted by atomic mass is 32.2. The van der Waals surface area contributed by atoms with Crippen LogP contribution < -0.4 is 10.5 Å². The molecule has 118 valence electrons. The molecule has 0 aromatic rings. The van der Waals surface area contributed by atoms with Crippen LogP contribution in [0.25, 0.3) is 0 Å². The number of nitrogens with two attached hydrogens (primary N) is 1. The van der Waals surface area contributed by atoms with Gasteiger partial charge in [-0.1, -0.05) is 12.2 Å². The predicted octanol–water partition coefficient (Wildman–Crippen LogP) is 0.302. The molecule has 6 nitrogen and oxygen atoms in total. The van der Waals surface area contributed by atoms with Gasteiger partial charge in [-0.05, 0) is 34.6 Å². The van der Waals surface area contributed by atoms with E-state index in [4.69, 9.17) is 18.0 Å². The highest BCUT2D eigenvalue weighted by molar-refractivity contribution is 7.87. The van der Waals surface area contributed by atoms with Crippen LogP contribution in [0.15, 0.2) is 0 Å². The number of hydrogen-bond donors (Lipinski definition) is 2. The molecule has 0 spiro atoms. The maximum atomic E-state index is 12.2. The van der Waals surface area contributed by atoms with Gasteiger partial charge in [0, 0.05) is 31.7 Å². The van der Waals surface area contributed by atoms with Gasteiger partial charge in [-0.15, -0.1) is 0 Å². The second kappa shape index (κ2) is 5.84. The van der Waals surface area contributed by atoms with E-state index >= 15 is 0 Å². The molecule has 1 aliphatic heterocycles. The second-order valence-corrected chi connectivity index (χ2v) is 8.78. The summed E-state index contributed by atoms with van der Waals surface area (Å²) in [5.74, 6) is 0. The van der Waals surface area contributed by atoms with Crippen molar-refractivity contribution in [3.63, 3.8) is 0 Å². The van der Waals surface area contributed by atoms with Crippen LogP contribution in [0, 0.1) is 0 Å². The molecule has 20 heavy (non-hydrogen) atoms. The summed E-state index contributed by atoms with van der Waals surface area (Å²) in [6.45, 7) is 11.5. The lowest BCUT2D eigenvalue weighted by Gasteiger charge is -2.43. The topological polar surface area (TPSA) is 78.7 Å².